The van der Waals surface area contributed by atoms with Gasteiger partial charge in [-0.05, 0) is 43.9 Å². The number of nitrogens with one attached hydrogen (secondary N) is 4. The minimum atomic E-state index is -0.303. The summed E-state index contributed by atoms with van der Waals surface area (Å²) in [5.41, 5.74) is 1.96. The van der Waals surface area contributed by atoms with Crippen molar-refractivity contribution in [3.8, 4) is 10.4 Å². The van der Waals surface area contributed by atoms with Crippen LogP contribution in [0.5, 0.6) is 0 Å². The van der Waals surface area contributed by atoms with Crippen LogP contribution >= 0.6 is 22.7 Å². The number of amides is 3. The van der Waals surface area contributed by atoms with E-state index in [0.29, 0.717) is 31.4 Å². The molecule has 2 aliphatic carbocycles. The summed E-state index contributed by atoms with van der Waals surface area (Å²) in [5.74, 6) is -0.216. The number of thiophene rings is 2. The molecule has 0 bridgehead atoms. The van der Waals surface area contributed by atoms with Gasteiger partial charge in [0, 0.05) is 35.8 Å². The van der Waals surface area contributed by atoms with Crippen LogP contribution in [0.25, 0.3) is 20.7 Å². The molecule has 0 unspecified atom stereocenters. The summed E-state index contributed by atoms with van der Waals surface area (Å²) >= 11 is 2.65. The molecule has 2 saturated carbocycles. The lowest BCUT2D eigenvalue weighted by Gasteiger charge is -2.30. The first-order valence-electron chi connectivity index (χ1n) is 12.6. The average molecular weight is 537 g/mol. The van der Waals surface area contributed by atoms with E-state index < -0.39 is 0 Å². The van der Waals surface area contributed by atoms with E-state index in [1.165, 1.54) is 29.1 Å². The van der Waals surface area contributed by atoms with Crippen molar-refractivity contribution in [2.75, 3.05) is 12.4 Å². The molecule has 9 nitrogen and oxygen atoms in total. The maximum atomic E-state index is 13.3. The molecular weight excluding hydrogens is 508 g/mol. The monoisotopic (exact) mass is 536 g/mol. The van der Waals surface area contributed by atoms with Gasteiger partial charge in [-0.25, -0.2) is 0 Å². The van der Waals surface area contributed by atoms with Crippen molar-refractivity contribution in [2.45, 2.75) is 57.0 Å². The number of rotatable bonds is 7. The highest BCUT2D eigenvalue weighted by atomic mass is 32.1. The highest BCUT2D eigenvalue weighted by Gasteiger charge is 2.30. The van der Waals surface area contributed by atoms with Crippen LogP contribution in [0.15, 0.2) is 30.6 Å². The number of carbonyl (C=O) groups excluding carboxylic acids is 3. The van der Waals surface area contributed by atoms with E-state index >= 15 is 0 Å². The van der Waals surface area contributed by atoms with E-state index in [0.717, 1.165) is 49.0 Å². The summed E-state index contributed by atoms with van der Waals surface area (Å²) in [6, 6.07) is 5.85. The number of nitrogens with zero attached hydrogens (tertiary/aromatic N) is 2. The molecule has 0 aromatic carbocycles. The second-order valence-electron chi connectivity index (χ2n) is 9.79. The number of hydrogen-bond donors (Lipinski definition) is 4. The van der Waals surface area contributed by atoms with Gasteiger partial charge >= 0.3 is 0 Å². The maximum absolute atomic E-state index is 13.3. The fraction of sp³-hybridized carbons (Fsp3) is 0.385. The summed E-state index contributed by atoms with van der Waals surface area (Å²) < 4.78 is 0.680. The van der Waals surface area contributed by atoms with Crippen LogP contribution in [0, 0.1) is 0 Å². The lowest BCUT2D eigenvalue weighted by molar-refractivity contribution is 0.0701. The number of fused-ring (bicyclic) bond motifs is 1. The molecule has 37 heavy (non-hydrogen) atoms. The molecule has 2 aliphatic rings. The fourth-order valence-electron chi connectivity index (χ4n) is 4.87. The molecule has 0 aliphatic heterocycles. The quantitative estimate of drug-likeness (QED) is 0.258. The summed E-state index contributed by atoms with van der Waals surface area (Å²) in [5, 5.41) is 12.7. The lowest BCUT2D eigenvalue weighted by Crippen LogP contribution is -2.37. The summed E-state index contributed by atoms with van der Waals surface area (Å²) in [6.45, 7) is 0. The predicted octanol–water partition coefficient (Wildman–Crippen LogP) is 5.23. The van der Waals surface area contributed by atoms with Crippen LogP contribution in [0.2, 0.25) is 0 Å². The topological polar surface area (TPSA) is 123 Å². The van der Waals surface area contributed by atoms with Crippen LogP contribution in [0.4, 0.5) is 5.82 Å². The normalized spacial score (nSPS) is 16.1. The van der Waals surface area contributed by atoms with Gasteiger partial charge in [0.05, 0.1) is 31.7 Å². The second kappa shape index (κ2) is 9.79. The summed E-state index contributed by atoms with van der Waals surface area (Å²) in [4.78, 5) is 46.7. The third kappa shape index (κ3) is 4.80. The van der Waals surface area contributed by atoms with Gasteiger partial charge < -0.3 is 20.5 Å². The van der Waals surface area contributed by atoms with Gasteiger partial charge in [0.25, 0.3) is 17.7 Å². The van der Waals surface area contributed by atoms with Crippen LogP contribution in [-0.2, 0) is 0 Å². The number of carbonyl (C=O) groups is 3. The molecule has 6 rings (SSSR count). The lowest BCUT2D eigenvalue weighted by atomic mass is 9.94. The number of hydrogen-bond acceptors (Lipinski definition) is 6. The van der Waals surface area contributed by atoms with E-state index in [1.807, 2.05) is 18.0 Å². The van der Waals surface area contributed by atoms with E-state index in [-0.39, 0.29) is 29.8 Å². The molecule has 4 aromatic rings. The number of H-pyrrole nitrogens is 2. The Morgan fingerprint density at radius 3 is 2.57 bits per heavy atom. The Labute approximate surface area is 221 Å². The van der Waals surface area contributed by atoms with Crippen molar-refractivity contribution in [2.24, 2.45) is 0 Å². The zero-order valence-corrected chi connectivity index (χ0v) is 22.1. The minimum absolute atomic E-state index is 0.0222. The van der Waals surface area contributed by atoms with Crippen molar-refractivity contribution in [3.05, 3.63) is 45.9 Å². The Bertz CT molecular complexity index is 1460. The van der Waals surface area contributed by atoms with Crippen LogP contribution in [-0.4, -0.2) is 56.9 Å². The maximum Gasteiger partial charge on any atom is 0.266 e. The number of aromatic amines is 2. The van der Waals surface area contributed by atoms with E-state index in [2.05, 4.69) is 25.8 Å². The van der Waals surface area contributed by atoms with Gasteiger partial charge in [-0.2, -0.15) is 5.10 Å². The SMILES string of the molecule is CN(C(=O)c1cc2[nH]c(NC(=O)c3ccc(-c4cn[nH]c4)s3)c(C(=O)NC3CC3)c2s1)C1CCCCC1. The van der Waals surface area contributed by atoms with Crippen molar-refractivity contribution in [1.29, 1.82) is 0 Å². The fourth-order valence-corrected chi connectivity index (χ4v) is 6.89. The molecule has 11 heteroatoms. The Hall–Kier alpha value is -3.44. The first-order chi connectivity index (χ1) is 18.0. The molecule has 0 radical (unpaired) electrons. The van der Waals surface area contributed by atoms with Crippen LogP contribution < -0.4 is 10.6 Å². The molecule has 2 fully saturated rings. The average Bonchev–Trinajstić information content (AvgIpc) is 3.34. The van der Waals surface area contributed by atoms with Crippen molar-refractivity contribution < 1.29 is 14.4 Å². The highest BCUT2D eigenvalue weighted by Crippen LogP contribution is 2.36. The van der Waals surface area contributed by atoms with Gasteiger partial charge in [-0.3, -0.25) is 19.5 Å². The molecule has 3 amide bonds. The van der Waals surface area contributed by atoms with E-state index in [4.69, 9.17) is 0 Å². The van der Waals surface area contributed by atoms with Gasteiger partial charge in [-0.15, -0.1) is 22.7 Å². The molecule has 4 aromatic heterocycles. The van der Waals surface area contributed by atoms with Crippen molar-refractivity contribution >= 4 is 56.4 Å². The van der Waals surface area contributed by atoms with Crippen molar-refractivity contribution in [3.63, 3.8) is 0 Å². The van der Waals surface area contributed by atoms with Gasteiger partial charge in [0.15, 0.2) is 0 Å². The zero-order chi connectivity index (χ0) is 25.5. The number of anilines is 1. The molecule has 192 valence electrons. The number of aromatic nitrogens is 3. The Balaban J connectivity index is 1.28. The standard InChI is InChI=1S/C26H28N6O3S2/c1-32(16-5-3-2-4-6-16)26(35)20-11-17-22(37-20)21(25(34)29-15-7-8-15)23(30-17)31-24(33)19-10-9-18(36-19)14-12-27-28-13-14/h9-13,15-16,30H,2-8H2,1H3,(H,27,28)(H,29,34)(H,31,33). The summed E-state index contributed by atoms with van der Waals surface area (Å²) in [6.07, 6.45) is 11.0. The van der Waals surface area contributed by atoms with Gasteiger partial charge in [0.1, 0.15) is 5.82 Å². The minimum Gasteiger partial charge on any atom is -0.349 e. The third-order valence-electron chi connectivity index (χ3n) is 7.11. The van der Waals surface area contributed by atoms with Crippen molar-refractivity contribution in [1.82, 2.24) is 25.4 Å². The highest BCUT2D eigenvalue weighted by molar-refractivity contribution is 7.21. The van der Waals surface area contributed by atoms with Crippen LogP contribution in [0.1, 0.15) is 74.6 Å². The van der Waals surface area contributed by atoms with Gasteiger partial charge in [-0.1, -0.05) is 19.3 Å². The Kier molecular flexibility index (Phi) is 6.33. The molecular formula is C26H28N6O3S2. The van der Waals surface area contributed by atoms with E-state index in [1.54, 1.807) is 24.5 Å². The molecule has 0 atom stereocenters. The third-order valence-corrected chi connectivity index (χ3v) is 9.39. The molecule has 0 saturated heterocycles. The van der Waals surface area contributed by atoms with E-state index in [9.17, 15) is 14.4 Å². The van der Waals surface area contributed by atoms with Gasteiger partial charge in [0.2, 0.25) is 0 Å². The largest absolute Gasteiger partial charge is 0.349 e. The molecule has 4 N–H and O–H groups in total. The molecule has 4 heterocycles. The second-order valence-corrected chi connectivity index (χ2v) is 11.9. The Morgan fingerprint density at radius 2 is 1.84 bits per heavy atom. The smallest absolute Gasteiger partial charge is 0.266 e. The first-order valence-corrected chi connectivity index (χ1v) is 14.2. The Morgan fingerprint density at radius 1 is 1.03 bits per heavy atom. The predicted molar refractivity (Wildman–Crippen MR) is 145 cm³/mol. The first kappa shape index (κ1) is 23.9. The van der Waals surface area contributed by atoms with Crippen LogP contribution in [0.3, 0.4) is 0 Å². The molecule has 0 spiro atoms. The summed E-state index contributed by atoms with van der Waals surface area (Å²) in [7, 11) is 1.87. The zero-order valence-electron chi connectivity index (χ0n) is 20.4.